The van der Waals surface area contributed by atoms with Crippen molar-refractivity contribution in [1.82, 2.24) is 15.0 Å². The highest BCUT2D eigenvalue weighted by Crippen LogP contribution is 2.14. The van der Waals surface area contributed by atoms with Crippen molar-refractivity contribution in [3.8, 4) is 0 Å². The largest absolute Gasteiger partial charge is 0.393 e. The van der Waals surface area contributed by atoms with E-state index in [1.54, 1.807) is 0 Å². The Hall–Kier alpha value is -2.01. The third-order valence-corrected chi connectivity index (χ3v) is 5.32. The molecule has 0 saturated carbocycles. The molecule has 5 nitrogen and oxygen atoms in total. The maximum atomic E-state index is 12.3. The normalized spacial score (nSPS) is 12.8. The minimum atomic E-state index is -0.183. The van der Waals surface area contributed by atoms with Crippen LogP contribution in [-0.2, 0) is 0 Å². The van der Waals surface area contributed by atoms with Crippen molar-refractivity contribution < 1.29 is 9.90 Å². The SMILES string of the molecule is CCCCC/C=C\CCC(O)CCCCCCCC(=O)n1nnc2ccccc21. The third kappa shape index (κ3) is 8.90. The van der Waals surface area contributed by atoms with Crippen molar-refractivity contribution in [2.75, 3.05) is 0 Å². The van der Waals surface area contributed by atoms with E-state index in [0.29, 0.717) is 6.42 Å². The second kappa shape index (κ2) is 14.0. The predicted molar refractivity (Wildman–Crippen MR) is 119 cm³/mol. The molecule has 0 spiro atoms. The number of aromatic nitrogens is 3. The molecule has 0 amide bonds. The minimum Gasteiger partial charge on any atom is -0.393 e. The van der Waals surface area contributed by atoms with E-state index >= 15 is 0 Å². The van der Waals surface area contributed by atoms with Gasteiger partial charge in [-0.2, -0.15) is 4.68 Å². The van der Waals surface area contributed by atoms with Gasteiger partial charge in [0.25, 0.3) is 0 Å². The van der Waals surface area contributed by atoms with Crippen LogP contribution in [0.5, 0.6) is 0 Å². The average Bonchev–Trinajstić information content (AvgIpc) is 3.16. The molecule has 1 atom stereocenters. The Bertz CT molecular complexity index is 739. The number of rotatable bonds is 15. The highest BCUT2D eigenvalue weighted by atomic mass is 16.3. The molecular formula is C24H37N3O2. The fraction of sp³-hybridized carbons (Fsp3) is 0.625. The molecule has 0 saturated heterocycles. The first kappa shape index (κ1) is 23.3. The first-order chi connectivity index (χ1) is 14.2. The molecular weight excluding hydrogens is 362 g/mol. The van der Waals surface area contributed by atoms with Crippen molar-refractivity contribution >= 4 is 16.9 Å². The van der Waals surface area contributed by atoms with E-state index in [-0.39, 0.29) is 12.0 Å². The van der Waals surface area contributed by atoms with Crippen molar-refractivity contribution in [2.45, 2.75) is 96.5 Å². The molecule has 160 valence electrons. The fourth-order valence-electron chi connectivity index (χ4n) is 3.53. The van der Waals surface area contributed by atoms with Crippen molar-refractivity contribution in [1.29, 1.82) is 0 Å². The quantitative estimate of drug-likeness (QED) is 0.291. The molecule has 0 radical (unpaired) electrons. The van der Waals surface area contributed by atoms with Gasteiger partial charge >= 0.3 is 0 Å². The van der Waals surface area contributed by atoms with E-state index in [4.69, 9.17) is 0 Å². The summed E-state index contributed by atoms with van der Waals surface area (Å²) in [6.45, 7) is 2.22. The molecule has 0 bridgehead atoms. The van der Waals surface area contributed by atoms with Crippen LogP contribution in [0.15, 0.2) is 36.4 Å². The van der Waals surface area contributed by atoms with Crippen LogP contribution in [-0.4, -0.2) is 32.1 Å². The van der Waals surface area contributed by atoms with E-state index < -0.39 is 0 Å². The van der Waals surface area contributed by atoms with Crippen LogP contribution in [0.2, 0.25) is 0 Å². The van der Waals surface area contributed by atoms with E-state index in [0.717, 1.165) is 62.4 Å². The lowest BCUT2D eigenvalue weighted by molar-refractivity contribution is 0.0886. The molecule has 2 aromatic rings. The van der Waals surface area contributed by atoms with E-state index in [1.807, 2.05) is 24.3 Å². The van der Waals surface area contributed by atoms with E-state index in [1.165, 1.54) is 30.4 Å². The summed E-state index contributed by atoms with van der Waals surface area (Å²) in [6, 6.07) is 7.53. The number of fused-ring (bicyclic) bond motifs is 1. The van der Waals surface area contributed by atoms with E-state index in [9.17, 15) is 9.90 Å². The number of unbranched alkanes of at least 4 members (excludes halogenated alkanes) is 7. The molecule has 0 fully saturated rings. The number of carbonyl (C=O) groups excluding carboxylic acids is 1. The number of allylic oxidation sites excluding steroid dienone is 2. The molecule has 0 aliphatic heterocycles. The predicted octanol–water partition coefficient (Wildman–Crippen LogP) is 6.08. The third-order valence-electron chi connectivity index (χ3n) is 5.32. The molecule has 0 aliphatic rings. The Morgan fingerprint density at radius 2 is 1.76 bits per heavy atom. The number of aliphatic hydroxyl groups is 1. The summed E-state index contributed by atoms with van der Waals surface area (Å²) < 4.78 is 1.42. The number of carbonyl (C=O) groups is 1. The zero-order chi connectivity index (χ0) is 20.7. The molecule has 1 aromatic heterocycles. The number of para-hydroxylation sites is 1. The summed E-state index contributed by atoms with van der Waals surface area (Å²) >= 11 is 0. The Labute approximate surface area is 175 Å². The molecule has 2 rings (SSSR count). The van der Waals surface area contributed by atoms with Gasteiger partial charge < -0.3 is 5.11 Å². The van der Waals surface area contributed by atoms with Crippen molar-refractivity contribution in [3.63, 3.8) is 0 Å². The average molecular weight is 400 g/mol. The molecule has 1 heterocycles. The summed E-state index contributed by atoms with van der Waals surface area (Å²) in [5, 5.41) is 18.1. The standard InChI is InChI=1S/C24H37N3O2/c1-2-3-4-5-6-8-11-16-21(28)17-12-9-7-10-13-20-24(29)27-23-19-15-14-18-22(23)25-26-27/h6,8,14-15,18-19,21,28H,2-5,7,9-13,16-17,20H2,1H3/b8-6-. The molecule has 1 aromatic carbocycles. The van der Waals surface area contributed by atoms with Gasteiger partial charge in [-0.25, -0.2) is 0 Å². The summed E-state index contributed by atoms with van der Waals surface area (Å²) in [5.41, 5.74) is 1.54. The number of benzene rings is 1. The Kier molecular flexibility index (Phi) is 11.3. The van der Waals surface area contributed by atoms with Gasteiger partial charge in [0, 0.05) is 6.42 Å². The fourth-order valence-corrected chi connectivity index (χ4v) is 3.53. The maximum Gasteiger partial charge on any atom is 0.248 e. The van der Waals surface area contributed by atoms with Gasteiger partial charge in [-0.1, -0.05) is 74.9 Å². The van der Waals surface area contributed by atoms with Crippen LogP contribution in [0.4, 0.5) is 0 Å². The van der Waals surface area contributed by atoms with Gasteiger partial charge in [0.05, 0.1) is 11.6 Å². The summed E-state index contributed by atoms with van der Waals surface area (Å²) in [7, 11) is 0. The van der Waals surface area contributed by atoms with Crippen LogP contribution in [0.3, 0.4) is 0 Å². The summed E-state index contributed by atoms with van der Waals surface area (Å²) in [5.74, 6) is 0.0110. The van der Waals surface area contributed by atoms with E-state index in [2.05, 4.69) is 29.4 Å². The second-order valence-corrected chi connectivity index (χ2v) is 7.89. The smallest absolute Gasteiger partial charge is 0.248 e. The number of hydrogen-bond acceptors (Lipinski definition) is 4. The van der Waals surface area contributed by atoms with Crippen LogP contribution in [0, 0.1) is 0 Å². The lowest BCUT2D eigenvalue weighted by Crippen LogP contribution is -2.12. The van der Waals surface area contributed by atoms with Gasteiger partial charge in [0.1, 0.15) is 5.52 Å². The number of nitrogens with zero attached hydrogens (tertiary/aromatic N) is 3. The van der Waals surface area contributed by atoms with Crippen LogP contribution in [0.1, 0.15) is 95.2 Å². The van der Waals surface area contributed by atoms with Crippen LogP contribution >= 0.6 is 0 Å². The Balaban J connectivity index is 1.47. The second-order valence-electron chi connectivity index (χ2n) is 7.89. The molecule has 29 heavy (non-hydrogen) atoms. The van der Waals surface area contributed by atoms with Crippen LogP contribution in [0.25, 0.3) is 11.0 Å². The van der Waals surface area contributed by atoms with Gasteiger partial charge in [-0.05, 0) is 50.7 Å². The number of hydrogen-bond donors (Lipinski definition) is 1. The molecule has 5 heteroatoms. The molecule has 0 aliphatic carbocycles. The topological polar surface area (TPSA) is 68.0 Å². The van der Waals surface area contributed by atoms with Crippen LogP contribution < -0.4 is 0 Å². The molecule has 1 unspecified atom stereocenters. The first-order valence-corrected chi connectivity index (χ1v) is 11.4. The van der Waals surface area contributed by atoms with Gasteiger partial charge in [0.15, 0.2) is 0 Å². The zero-order valence-corrected chi connectivity index (χ0v) is 17.9. The lowest BCUT2D eigenvalue weighted by atomic mass is 10.0. The Morgan fingerprint density at radius 1 is 1.00 bits per heavy atom. The Morgan fingerprint density at radius 3 is 2.62 bits per heavy atom. The molecule has 1 N–H and O–H groups in total. The number of aliphatic hydroxyl groups excluding tert-OH is 1. The van der Waals surface area contributed by atoms with Crippen molar-refractivity contribution in [3.05, 3.63) is 36.4 Å². The summed E-state index contributed by atoms with van der Waals surface area (Å²) in [6.07, 6.45) is 17.7. The highest BCUT2D eigenvalue weighted by molar-refractivity contribution is 5.88. The summed E-state index contributed by atoms with van der Waals surface area (Å²) in [4.78, 5) is 12.3. The first-order valence-electron chi connectivity index (χ1n) is 11.4. The monoisotopic (exact) mass is 399 g/mol. The minimum absolute atomic E-state index is 0.0110. The highest BCUT2D eigenvalue weighted by Gasteiger charge is 2.11. The van der Waals surface area contributed by atoms with Gasteiger partial charge in [-0.15, -0.1) is 5.10 Å². The van der Waals surface area contributed by atoms with Crippen molar-refractivity contribution in [2.24, 2.45) is 0 Å². The van der Waals surface area contributed by atoms with Gasteiger partial charge in [-0.3, -0.25) is 4.79 Å². The maximum absolute atomic E-state index is 12.3. The zero-order valence-electron chi connectivity index (χ0n) is 17.9. The lowest BCUT2D eigenvalue weighted by Gasteiger charge is -2.08. The van der Waals surface area contributed by atoms with Gasteiger partial charge in [0.2, 0.25) is 5.91 Å².